The molecule has 2 N–H and O–H groups in total. The summed E-state index contributed by atoms with van der Waals surface area (Å²) < 4.78 is 0. The summed E-state index contributed by atoms with van der Waals surface area (Å²) in [4.78, 5) is 30.1. The number of carbonyl (C=O) groups is 2. The second-order valence-electron chi connectivity index (χ2n) is 8.32. The first kappa shape index (κ1) is 22.2. The first-order valence-electron chi connectivity index (χ1n) is 10.5. The van der Waals surface area contributed by atoms with Gasteiger partial charge in [0.25, 0.3) is 5.91 Å². The van der Waals surface area contributed by atoms with E-state index in [9.17, 15) is 9.59 Å². The average molecular weight is 428 g/mol. The number of hydrogen-bond acceptors (Lipinski definition) is 3. The Morgan fingerprint density at radius 2 is 1.70 bits per heavy atom. The van der Waals surface area contributed by atoms with E-state index in [1.165, 1.54) is 5.56 Å². The first-order chi connectivity index (χ1) is 14.0. The summed E-state index contributed by atoms with van der Waals surface area (Å²) >= 11 is 0. The maximum absolute atomic E-state index is 13.2. The van der Waals surface area contributed by atoms with Gasteiger partial charge in [-0.25, -0.2) is 0 Å². The Hall–Kier alpha value is -2.53. The zero-order chi connectivity index (χ0) is 20.4. The molecule has 2 aromatic carbocycles. The van der Waals surface area contributed by atoms with Crippen molar-refractivity contribution in [3.05, 3.63) is 65.2 Å². The van der Waals surface area contributed by atoms with E-state index in [-0.39, 0.29) is 30.1 Å². The van der Waals surface area contributed by atoms with Crippen LogP contribution in [0.15, 0.2) is 48.5 Å². The highest BCUT2D eigenvalue weighted by molar-refractivity contribution is 5.96. The van der Waals surface area contributed by atoms with Gasteiger partial charge in [0.1, 0.15) is 0 Å². The Balaban J connectivity index is 0.00000256. The van der Waals surface area contributed by atoms with Gasteiger partial charge >= 0.3 is 0 Å². The van der Waals surface area contributed by atoms with Crippen molar-refractivity contribution in [1.29, 1.82) is 0 Å². The molecule has 0 atom stereocenters. The van der Waals surface area contributed by atoms with Crippen molar-refractivity contribution in [3.63, 3.8) is 0 Å². The molecular weight excluding hydrogens is 398 g/mol. The summed E-state index contributed by atoms with van der Waals surface area (Å²) in [6, 6.07) is 16.0. The zero-order valence-corrected chi connectivity index (χ0v) is 18.2. The minimum atomic E-state index is 0. The molecule has 30 heavy (non-hydrogen) atoms. The number of likely N-dealkylation sites (tertiary alicyclic amines) is 1. The van der Waals surface area contributed by atoms with Gasteiger partial charge in [0.2, 0.25) is 5.91 Å². The molecule has 2 aromatic rings. The summed E-state index contributed by atoms with van der Waals surface area (Å²) in [6.45, 7) is 3.85. The maximum atomic E-state index is 13.2. The van der Waals surface area contributed by atoms with Crippen LogP contribution in [-0.4, -0.2) is 40.7 Å². The fourth-order valence-electron chi connectivity index (χ4n) is 4.16. The quantitative estimate of drug-likeness (QED) is 0.732. The Labute approximate surface area is 184 Å². The minimum absolute atomic E-state index is 0. The summed E-state index contributed by atoms with van der Waals surface area (Å²) in [7, 11) is 0. The molecule has 5 nitrogen and oxygen atoms in total. The van der Waals surface area contributed by atoms with E-state index < -0.39 is 0 Å². The Morgan fingerprint density at radius 3 is 2.33 bits per heavy atom. The zero-order valence-electron chi connectivity index (χ0n) is 17.4. The number of nitrogens with two attached hydrogens (primary N) is 1. The lowest BCUT2D eigenvalue weighted by atomic mass is 9.94. The van der Waals surface area contributed by atoms with E-state index in [1.807, 2.05) is 42.2 Å². The van der Waals surface area contributed by atoms with Crippen LogP contribution in [0, 0.1) is 12.8 Å². The summed E-state index contributed by atoms with van der Waals surface area (Å²) in [5.41, 5.74) is 9.25. The molecule has 0 spiro atoms. The van der Waals surface area contributed by atoms with Crippen LogP contribution in [0.5, 0.6) is 0 Å². The van der Waals surface area contributed by atoms with E-state index in [0.717, 1.165) is 31.2 Å². The predicted octanol–water partition coefficient (Wildman–Crippen LogP) is 4.04. The SMILES string of the molecule is Cc1ccc(N)cc1C(=O)N1CCC(C(=O)N(Cc2ccccc2)C2CC2)CC1.Cl. The molecule has 1 heterocycles. The highest BCUT2D eigenvalue weighted by atomic mass is 35.5. The molecule has 0 unspecified atom stereocenters. The van der Waals surface area contributed by atoms with Crippen molar-refractivity contribution in [3.8, 4) is 0 Å². The Morgan fingerprint density at radius 1 is 1.03 bits per heavy atom. The third-order valence-electron chi connectivity index (χ3n) is 6.09. The van der Waals surface area contributed by atoms with Crippen LogP contribution >= 0.6 is 12.4 Å². The highest BCUT2D eigenvalue weighted by Crippen LogP contribution is 2.32. The first-order valence-corrected chi connectivity index (χ1v) is 10.5. The molecule has 2 amide bonds. The lowest BCUT2D eigenvalue weighted by Crippen LogP contribution is -2.45. The number of rotatable bonds is 5. The van der Waals surface area contributed by atoms with Gasteiger partial charge in [0.05, 0.1) is 0 Å². The fraction of sp³-hybridized carbons (Fsp3) is 0.417. The van der Waals surface area contributed by atoms with Crippen LogP contribution in [0.3, 0.4) is 0 Å². The minimum Gasteiger partial charge on any atom is -0.399 e. The number of benzene rings is 2. The van der Waals surface area contributed by atoms with Gasteiger partial charge in [0, 0.05) is 42.8 Å². The van der Waals surface area contributed by atoms with Crippen molar-refractivity contribution in [2.45, 2.75) is 45.2 Å². The summed E-state index contributed by atoms with van der Waals surface area (Å²) in [5.74, 6) is 0.276. The number of aryl methyl sites for hydroxylation is 1. The van der Waals surface area contributed by atoms with Gasteiger partial charge in [-0.05, 0) is 55.9 Å². The van der Waals surface area contributed by atoms with Gasteiger partial charge < -0.3 is 15.5 Å². The number of nitrogen functional groups attached to an aromatic ring is 1. The summed E-state index contributed by atoms with van der Waals surface area (Å²) in [6.07, 6.45) is 3.66. The van der Waals surface area contributed by atoms with E-state index in [2.05, 4.69) is 17.0 Å². The summed E-state index contributed by atoms with van der Waals surface area (Å²) in [5, 5.41) is 0. The molecule has 0 bridgehead atoms. The lowest BCUT2D eigenvalue weighted by Gasteiger charge is -2.34. The van der Waals surface area contributed by atoms with Gasteiger partial charge in [-0.15, -0.1) is 12.4 Å². The molecule has 2 aliphatic rings. The largest absolute Gasteiger partial charge is 0.399 e. The number of carbonyl (C=O) groups excluding carboxylic acids is 2. The number of halogens is 1. The second kappa shape index (κ2) is 9.52. The van der Waals surface area contributed by atoms with Crippen LogP contribution in [0.4, 0.5) is 5.69 Å². The normalized spacial score (nSPS) is 16.6. The van der Waals surface area contributed by atoms with E-state index in [1.54, 1.807) is 6.07 Å². The third kappa shape index (κ3) is 4.96. The number of nitrogens with zero attached hydrogens (tertiary/aromatic N) is 2. The van der Waals surface area contributed by atoms with E-state index in [0.29, 0.717) is 36.9 Å². The van der Waals surface area contributed by atoms with Gasteiger partial charge in [-0.2, -0.15) is 0 Å². The number of piperidine rings is 1. The van der Waals surface area contributed by atoms with Gasteiger partial charge in [-0.3, -0.25) is 9.59 Å². The molecule has 1 saturated heterocycles. The van der Waals surface area contributed by atoms with Crippen molar-refractivity contribution < 1.29 is 9.59 Å². The molecule has 160 valence electrons. The highest BCUT2D eigenvalue weighted by Gasteiger charge is 2.37. The van der Waals surface area contributed by atoms with Crippen LogP contribution < -0.4 is 5.73 Å². The molecule has 6 heteroatoms. The predicted molar refractivity (Wildman–Crippen MR) is 121 cm³/mol. The number of hydrogen-bond donors (Lipinski definition) is 1. The van der Waals surface area contributed by atoms with Gasteiger partial charge in [0.15, 0.2) is 0 Å². The van der Waals surface area contributed by atoms with Crippen LogP contribution in [-0.2, 0) is 11.3 Å². The average Bonchev–Trinajstić information content (AvgIpc) is 3.59. The number of anilines is 1. The lowest BCUT2D eigenvalue weighted by molar-refractivity contribution is -0.138. The van der Waals surface area contributed by atoms with Gasteiger partial charge in [-0.1, -0.05) is 36.4 Å². The molecule has 0 radical (unpaired) electrons. The Kier molecular flexibility index (Phi) is 7.03. The van der Waals surface area contributed by atoms with Crippen LogP contribution in [0.1, 0.15) is 47.2 Å². The van der Waals surface area contributed by atoms with Crippen molar-refractivity contribution in [2.24, 2.45) is 5.92 Å². The van der Waals surface area contributed by atoms with Crippen molar-refractivity contribution in [1.82, 2.24) is 9.80 Å². The molecular formula is C24H30ClN3O2. The third-order valence-corrected chi connectivity index (χ3v) is 6.09. The molecule has 1 aliphatic carbocycles. The van der Waals surface area contributed by atoms with Crippen LogP contribution in [0.25, 0.3) is 0 Å². The number of amides is 2. The molecule has 4 rings (SSSR count). The second-order valence-corrected chi connectivity index (χ2v) is 8.32. The van der Waals surface area contributed by atoms with Crippen molar-refractivity contribution in [2.75, 3.05) is 18.8 Å². The molecule has 1 aliphatic heterocycles. The van der Waals surface area contributed by atoms with E-state index >= 15 is 0 Å². The molecule has 0 aromatic heterocycles. The monoisotopic (exact) mass is 427 g/mol. The van der Waals surface area contributed by atoms with Crippen molar-refractivity contribution >= 4 is 29.9 Å². The standard InChI is InChI=1S/C24H29N3O2.ClH/c1-17-7-8-20(25)15-22(17)24(29)26-13-11-19(12-14-26)23(28)27(21-9-10-21)16-18-5-3-2-4-6-18;/h2-8,15,19,21H,9-14,16,25H2,1H3;1H. The Bertz CT molecular complexity index is 891. The topological polar surface area (TPSA) is 66.6 Å². The molecule has 1 saturated carbocycles. The molecule has 2 fully saturated rings. The van der Waals surface area contributed by atoms with E-state index in [4.69, 9.17) is 5.73 Å². The maximum Gasteiger partial charge on any atom is 0.254 e. The fourth-order valence-corrected chi connectivity index (χ4v) is 4.16. The van der Waals surface area contributed by atoms with Crippen LogP contribution in [0.2, 0.25) is 0 Å². The smallest absolute Gasteiger partial charge is 0.254 e.